The first-order chi connectivity index (χ1) is 8.09. The van der Waals surface area contributed by atoms with Crippen LogP contribution in [0.5, 0.6) is 0 Å². The lowest BCUT2D eigenvalue weighted by Gasteiger charge is -2.05. The number of hydrogen-bond acceptors (Lipinski definition) is 4. The number of carbonyl (C=O) groups is 1. The fraction of sp³-hybridized carbons (Fsp3) is 0.364. The van der Waals surface area contributed by atoms with E-state index < -0.39 is 10.9 Å². The Morgan fingerprint density at radius 1 is 1.53 bits per heavy atom. The number of benzene rings is 1. The van der Waals surface area contributed by atoms with Crippen molar-refractivity contribution in [1.29, 1.82) is 0 Å². The lowest BCUT2D eigenvalue weighted by molar-refractivity contribution is -0.384. The van der Waals surface area contributed by atoms with E-state index in [0.717, 1.165) is 12.8 Å². The van der Waals surface area contributed by atoms with Crippen molar-refractivity contribution in [3.05, 3.63) is 38.9 Å². The summed E-state index contributed by atoms with van der Waals surface area (Å²) in [4.78, 5) is 21.7. The lowest BCUT2D eigenvalue weighted by atomic mass is 10.2. The maximum absolute atomic E-state index is 11.6. The van der Waals surface area contributed by atoms with Gasteiger partial charge in [0.25, 0.3) is 5.69 Å². The van der Waals surface area contributed by atoms with E-state index in [1.807, 2.05) is 0 Å². The molecule has 0 aromatic heterocycles. The van der Waals surface area contributed by atoms with Crippen molar-refractivity contribution in [2.24, 2.45) is 5.92 Å². The molecule has 0 spiro atoms. The predicted molar refractivity (Wildman–Crippen MR) is 61.1 cm³/mol. The van der Waals surface area contributed by atoms with Crippen LogP contribution in [-0.2, 0) is 4.74 Å². The molecule has 1 fully saturated rings. The zero-order valence-electron chi connectivity index (χ0n) is 8.89. The van der Waals surface area contributed by atoms with Crippen LogP contribution in [0.4, 0.5) is 5.69 Å². The standard InChI is InChI=1S/C11H10ClNO4/c12-10-8(2-1-3-9(10)13(15)16)11(14)17-6-7-4-5-7/h1-3,7H,4-6H2. The molecule has 0 radical (unpaired) electrons. The second-order valence-corrected chi connectivity index (χ2v) is 4.32. The van der Waals surface area contributed by atoms with Crippen molar-refractivity contribution in [3.8, 4) is 0 Å². The number of halogens is 1. The van der Waals surface area contributed by atoms with E-state index in [1.54, 1.807) is 0 Å². The number of nitro groups is 1. The highest BCUT2D eigenvalue weighted by molar-refractivity contribution is 6.35. The second-order valence-electron chi connectivity index (χ2n) is 3.94. The summed E-state index contributed by atoms with van der Waals surface area (Å²) in [6.45, 7) is 0.359. The minimum absolute atomic E-state index is 0.0431. The zero-order valence-corrected chi connectivity index (χ0v) is 9.64. The molecule has 0 unspecified atom stereocenters. The molecule has 6 heteroatoms. The van der Waals surface area contributed by atoms with Gasteiger partial charge in [0.2, 0.25) is 0 Å². The number of esters is 1. The van der Waals surface area contributed by atoms with Gasteiger partial charge < -0.3 is 4.74 Å². The monoisotopic (exact) mass is 255 g/mol. The minimum Gasteiger partial charge on any atom is -0.462 e. The molecule has 0 heterocycles. The summed E-state index contributed by atoms with van der Waals surface area (Å²) in [5.74, 6) is -0.165. The van der Waals surface area contributed by atoms with Crippen LogP contribution in [0.1, 0.15) is 23.2 Å². The Bertz CT molecular complexity index is 471. The van der Waals surface area contributed by atoms with Crippen molar-refractivity contribution in [2.75, 3.05) is 6.61 Å². The molecule has 1 aliphatic carbocycles. The molecule has 17 heavy (non-hydrogen) atoms. The third kappa shape index (κ3) is 2.74. The average molecular weight is 256 g/mol. The first kappa shape index (κ1) is 11.9. The van der Waals surface area contributed by atoms with Gasteiger partial charge >= 0.3 is 5.97 Å². The Balaban J connectivity index is 2.15. The smallest absolute Gasteiger partial charge is 0.339 e. The number of nitrogens with zero attached hydrogens (tertiary/aromatic N) is 1. The van der Waals surface area contributed by atoms with Gasteiger partial charge in [-0.2, -0.15) is 0 Å². The summed E-state index contributed by atoms with van der Waals surface area (Å²) >= 11 is 5.79. The fourth-order valence-corrected chi connectivity index (χ4v) is 1.65. The minimum atomic E-state index is -0.625. The van der Waals surface area contributed by atoms with Gasteiger partial charge in [-0.1, -0.05) is 17.7 Å². The molecule has 1 aromatic carbocycles. The fourth-order valence-electron chi connectivity index (χ4n) is 1.37. The van der Waals surface area contributed by atoms with Crippen molar-refractivity contribution in [2.45, 2.75) is 12.8 Å². The van der Waals surface area contributed by atoms with Crippen LogP contribution in [-0.4, -0.2) is 17.5 Å². The molecule has 0 N–H and O–H groups in total. The Hall–Kier alpha value is -1.62. The first-order valence-electron chi connectivity index (χ1n) is 5.19. The van der Waals surface area contributed by atoms with Crippen molar-refractivity contribution < 1.29 is 14.5 Å². The van der Waals surface area contributed by atoms with Crippen LogP contribution in [0.25, 0.3) is 0 Å². The number of carbonyl (C=O) groups excluding carboxylic acids is 1. The lowest BCUT2D eigenvalue weighted by Crippen LogP contribution is -2.08. The first-order valence-corrected chi connectivity index (χ1v) is 5.57. The van der Waals surface area contributed by atoms with Gasteiger partial charge in [0.1, 0.15) is 5.02 Å². The van der Waals surface area contributed by atoms with Crippen LogP contribution < -0.4 is 0 Å². The van der Waals surface area contributed by atoms with Gasteiger partial charge in [-0.05, 0) is 24.8 Å². The van der Waals surface area contributed by atoms with Crippen molar-refractivity contribution in [1.82, 2.24) is 0 Å². The molecule has 90 valence electrons. The molecule has 2 rings (SSSR count). The highest BCUT2D eigenvalue weighted by atomic mass is 35.5. The SMILES string of the molecule is O=C(OCC1CC1)c1cccc([N+](=O)[O-])c1Cl. The Morgan fingerprint density at radius 3 is 2.82 bits per heavy atom. The van der Waals surface area contributed by atoms with Gasteiger partial charge in [-0.25, -0.2) is 4.79 Å². The van der Waals surface area contributed by atoms with Crippen LogP contribution in [0.2, 0.25) is 5.02 Å². The topological polar surface area (TPSA) is 69.4 Å². The van der Waals surface area contributed by atoms with E-state index in [9.17, 15) is 14.9 Å². The molecular formula is C11H10ClNO4. The van der Waals surface area contributed by atoms with Crippen LogP contribution in [0.15, 0.2) is 18.2 Å². The summed E-state index contributed by atoms with van der Waals surface area (Å²) in [5, 5.41) is 10.5. The molecule has 1 saturated carbocycles. The molecule has 5 nitrogen and oxygen atoms in total. The second kappa shape index (κ2) is 4.71. The number of ether oxygens (including phenoxy) is 1. The predicted octanol–water partition coefficient (Wildman–Crippen LogP) is 2.82. The van der Waals surface area contributed by atoms with Gasteiger partial charge in [0, 0.05) is 6.07 Å². The van der Waals surface area contributed by atoms with Crippen molar-refractivity contribution >= 4 is 23.3 Å². The molecule has 0 atom stereocenters. The normalized spacial score (nSPS) is 14.4. The highest BCUT2D eigenvalue weighted by Gasteiger charge is 2.25. The molecule has 0 amide bonds. The molecule has 0 saturated heterocycles. The maximum atomic E-state index is 11.6. The maximum Gasteiger partial charge on any atom is 0.339 e. The van der Waals surface area contributed by atoms with Crippen LogP contribution in [0.3, 0.4) is 0 Å². The van der Waals surface area contributed by atoms with Crippen LogP contribution >= 0.6 is 11.6 Å². The van der Waals surface area contributed by atoms with E-state index >= 15 is 0 Å². The Kier molecular flexibility index (Phi) is 3.28. The average Bonchev–Trinajstić information content (AvgIpc) is 3.09. The van der Waals surface area contributed by atoms with E-state index in [2.05, 4.69) is 0 Å². The van der Waals surface area contributed by atoms with E-state index in [0.29, 0.717) is 12.5 Å². The van der Waals surface area contributed by atoms with Crippen LogP contribution in [0, 0.1) is 16.0 Å². The molecule has 0 bridgehead atoms. The largest absolute Gasteiger partial charge is 0.462 e. The third-order valence-corrected chi connectivity index (χ3v) is 2.94. The summed E-state index contributed by atoms with van der Waals surface area (Å²) < 4.78 is 5.02. The number of hydrogen-bond donors (Lipinski definition) is 0. The van der Waals surface area contributed by atoms with Gasteiger partial charge in [0.05, 0.1) is 17.1 Å². The number of rotatable bonds is 4. The molecule has 0 aliphatic heterocycles. The van der Waals surface area contributed by atoms with Gasteiger partial charge in [-0.15, -0.1) is 0 Å². The Morgan fingerprint density at radius 2 is 2.24 bits per heavy atom. The Labute approximate surface area is 102 Å². The summed E-state index contributed by atoms with van der Waals surface area (Å²) in [5.41, 5.74) is -0.242. The van der Waals surface area contributed by atoms with Gasteiger partial charge in [-0.3, -0.25) is 10.1 Å². The molecule has 1 aliphatic rings. The van der Waals surface area contributed by atoms with E-state index in [4.69, 9.17) is 16.3 Å². The molecule has 1 aromatic rings. The van der Waals surface area contributed by atoms with E-state index in [1.165, 1.54) is 18.2 Å². The summed E-state index contributed by atoms with van der Waals surface area (Å²) in [6.07, 6.45) is 2.13. The highest BCUT2D eigenvalue weighted by Crippen LogP contribution is 2.31. The molecular weight excluding hydrogens is 246 g/mol. The summed E-state index contributed by atoms with van der Waals surface area (Å²) in [7, 11) is 0. The van der Waals surface area contributed by atoms with Crippen molar-refractivity contribution in [3.63, 3.8) is 0 Å². The van der Waals surface area contributed by atoms with E-state index in [-0.39, 0.29) is 16.3 Å². The van der Waals surface area contributed by atoms with Gasteiger partial charge in [0.15, 0.2) is 0 Å². The zero-order chi connectivity index (χ0) is 12.4. The quantitative estimate of drug-likeness (QED) is 0.471. The summed E-state index contributed by atoms with van der Waals surface area (Å²) in [6, 6.07) is 4.09. The third-order valence-electron chi connectivity index (χ3n) is 2.54. The number of nitro benzene ring substituents is 1.